The van der Waals surface area contributed by atoms with E-state index in [1.807, 2.05) is 0 Å². The lowest BCUT2D eigenvalue weighted by Gasteiger charge is -2.02. The van der Waals surface area contributed by atoms with Gasteiger partial charge >= 0.3 is 0 Å². The van der Waals surface area contributed by atoms with Crippen LogP contribution in [0.25, 0.3) is 0 Å². The van der Waals surface area contributed by atoms with Gasteiger partial charge in [-0.25, -0.2) is 13.8 Å². The third-order valence-corrected chi connectivity index (χ3v) is 2.15. The number of nitrogens with zero attached hydrogens (tertiary/aromatic N) is 2. The van der Waals surface area contributed by atoms with Crippen LogP contribution < -0.4 is 0 Å². The summed E-state index contributed by atoms with van der Waals surface area (Å²) in [6, 6.07) is 0.468. The van der Waals surface area contributed by atoms with E-state index < -0.39 is 33.2 Å². The molecule has 76 valence electrons. The highest BCUT2D eigenvalue weighted by atomic mass is 79.9. The molecule has 1 aromatic heterocycles. The van der Waals surface area contributed by atoms with Crippen molar-refractivity contribution in [3.05, 3.63) is 32.3 Å². The summed E-state index contributed by atoms with van der Waals surface area (Å²) in [7, 11) is 0. The maximum Gasteiger partial charge on any atom is 0.290 e. The molecule has 0 bridgehead atoms. The van der Waals surface area contributed by atoms with Crippen LogP contribution in [0.4, 0.5) is 18.9 Å². The Labute approximate surface area is 84.0 Å². The Bertz CT molecular complexity index is 386. The average Bonchev–Trinajstić information content (AvgIpc) is 2.07. The van der Waals surface area contributed by atoms with Crippen LogP contribution in [0.5, 0.6) is 0 Å². The minimum absolute atomic E-state index is 0.468. The van der Waals surface area contributed by atoms with Crippen molar-refractivity contribution in [2.24, 2.45) is 0 Å². The molecule has 14 heavy (non-hydrogen) atoms. The summed E-state index contributed by atoms with van der Waals surface area (Å²) in [4.78, 5) is 12.2. The minimum atomic E-state index is -3.07. The van der Waals surface area contributed by atoms with Crippen molar-refractivity contribution in [2.75, 3.05) is 0 Å². The van der Waals surface area contributed by atoms with Crippen LogP contribution in [-0.2, 0) is 0 Å². The second kappa shape index (κ2) is 3.91. The molecule has 0 atom stereocenters. The molecule has 0 aliphatic heterocycles. The Hall–Kier alpha value is -1.18. The van der Waals surface area contributed by atoms with Crippen LogP contribution in [0, 0.1) is 16.1 Å². The number of hydrogen-bond acceptors (Lipinski definition) is 3. The molecule has 0 saturated heterocycles. The Morgan fingerprint density at radius 1 is 1.57 bits per heavy atom. The van der Waals surface area contributed by atoms with Gasteiger partial charge in [0.2, 0.25) is 5.95 Å². The van der Waals surface area contributed by atoms with Gasteiger partial charge in [0.1, 0.15) is 10.2 Å². The molecule has 0 unspecified atom stereocenters. The average molecular weight is 271 g/mol. The number of aromatic nitrogens is 1. The van der Waals surface area contributed by atoms with E-state index in [1.165, 1.54) is 0 Å². The lowest BCUT2D eigenvalue weighted by Crippen LogP contribution is -2.00. The van der Waals surface area contributed by atoms with Crippen LogP contribution in [-0.4, -0.2) is 9.91 Å². The van der Waals surface area contributed by atoms with E-state index in [1.54, 1.807) is 0 Å². The second-order valence-corrected chi connectivity index (χ2v) is 3.01. The Balaban J connectivity index is 3.40. The zero-order valence-corrected chi connectivity index (χ0v) is 7.96. The molecule has 0 aromatic carbocycles. The number of alkyl halides is 2. The number of pyridine rings is 1. The van der Waals surface area contributed by atoms with E-state index in [0.29, 0.717) is 6.07 Å². The van der Waals surface area contributed by atoms with Crippen LogP contribution in [0.1, 0.15) is 12.1 Å². The van der Waals surface area contributed by atoms with Gasteiger partial charge in [-0.05, 0) is 15.9 Å². The van der Waals surface area contributed by atoms with Gasteiger partial charge in [-0.1, -0.05) is 0 Å². The van der Waals surface area contributed by atoms with Gasteiger partial charge in [0.05, 0.1) is 11.0 Å². The fourth-order valence-electron chi connectivity index (χ4n) is 0.781. The first-order valence-corrected chi connectivity index (χ1v) is 4.01. The van der Waals surface area contributed by atoms with E-state index in [-0.39, 0.29) is 0 Å². The highest BCUT2D eigenvalue weighted by molar-refractivity contribution is 9.10. The molecule has 0 fully saturated rings. The topological polar surface area (TPSA) is 56.0 Å². The predicted molar refractivity (Wildman–Crippen MR) is 43.5 cm³/mol. The largest absolute Gasteiger partial charge is 0.290 e. The molecular weight excluding hydrogens is 269 g/mol. The van der Waals surface area contributed by atoms with Crippen LogP contribution in [0.2, 0.25) is 0 Å². The molecule has 4 nitrogen and oxygen atoms in total. The molecule has 0 spiro atoms. The molecular formula is C6H2BrF3N2O2. The van der Waals surface area contributed by atoms with Gasteiger partial charge in [0, 0.05) is 0 Å². The summed E-state index contributed by atoms with van der Waals surface area (Å²) in [5, 5.41) is 10.3. The maximum atomic E-state index is 12.6. The molecule has 1 heterocycles. The standard InChI is InChI=1S/C6H2BrF3N2O2/c7-4-2(12(13)14)1-3(8)11-5(4)6(9)10/h1,6H. The lowest BCUT2D eigenvalue weighted by atomic mass is 10.3. The van der Waals surface area contributed by atoms with Crippen molar-refractivity contribution in [1.29, 1.82) is 0 Å². The summed E-state index contributed by atoms with van der Waals surface area (Å²) in [6.07, 6.45) is -3.07. The van der Waals surface area contributed by atoms with E-state index >= 15 is 0 Å². The van der Waals surface area contributed by atoms with Gasteiger partial charge in [-0.15, -0.1) is 0 Å². The summed E-state index contributed by atoms with van der Waals surface area (Å²) < 4.78 is 36.4. The second-order valence-electron chi connectivity index (χ2n) is 2.22. The SMILES string of the molecule is O=[N+]([O-])c1cc(F)nc(C(F)F)c1Br. The smallest absolute Gasteiger partial charge is 0.258 e. The fourth-order valence-corrected chi connectivity index (χ4v) is 1.30. The number of hydrogen-bond donors (Lipinski definition) is 0. The molecule has 1 rings (SSSR count). The highest BCUT2D eigenvalue weighted by Crippen LogP contribution is 2.33. The normalized spacial score (nSPS) is 10.6. The summed E-state index contributed by atoms with van der Waals surface area (Å²) in [5.74, 6) is -1.31. The molecule has 0 radical (unpaired) electrons. The molecule has 8 heteroatoms. The minimum Gasteiger partial charge on any atom is -0.258 e. The van der Waals surface area contributed by atoms with Crippen LogP contribution in [0.15, 0.2) is 10.5 Å². The van der Waals surface area contributed by atoms with E-state index in [0.717, 1.165) is 0 Å². The molecule has 1 aromatic rings. The Morgan fingerprint density at radius 3 is 2.57 bits per heavy atom. The first-order chi connectivity index (χ1) is 6.43. The van der Waals surface area contributed by atoms with Crippen molar-refractivity contribution in [3.8, 4) is 0 Å². The highest BCUT2D eigenvalue weighted by Gasteiger charge is 2.24. The predicted octanol–water partition coefficient (Wildman–Crippen LogP) is 2.83. The maximum absolute atomic E-state index is 12.6. The summed E-state index contributed by atoms with van der Waals surface area (Å²) >= 11 is 2.57. The van der Waals surface area contributed by atoms with Gasteiger partial charge < -0.3 is 0 Å². The molecule has 0 N–H and O–H groups in total. The zero-order valence-electron chi connectivity index (χ0n) is 6.38. The summed E-state index contributed by atoms with van der Waals surface area (Å²) in [5.41, 5.74) is -1.75. The van der Waals surface area contributed by atoms with Crippen molar-refractivity contribution in [3.63, 3.8) is 0 Å². The third-order valence-electron chi connectivity index (χ3n) is 1.34. The van der Waals surface area contributed by atoms with E-state index in [2.05, 4.69) is 20.9 Å². The molecule has 0 amide bonds. The monoisotopic (exact) mass is 270 g/mol. The summed E-state index contributed by atoms with van der Waals surface area (Å²) in [6.45, 7) is 0. The Kier molecular flexibility index (Phi) is 3.04. The van der Waals surface area contributed by atoms with Crippen LogP contribution >= 0.6 is 15.9 Å². The number of halogens is 4. The number of nitro groups is 1. The van der Waals surface area contributed by atoms with E-state index in [9.17, 15) is 23.3 Å². The van der Waals surface area contributed by atoms with Gasteiger partial charge in [-0.2, -0.15) is 4.39 Å². The van der Waals surface area contributed by atoms with Crippen molar-refractivity contribution < 1.29 is 18.1 Å². The lowest BCUT2D eigenvalue weighted by molar-refractivity contribution is -0.386. The molecule has 0 aliphatic rings. The van der Waals surface area contributed by atoms with Gasteiger partial charge in [-0.3, -0.25) is 10.1 Å². The first-order valence-electron chi connectivity index (χ1n) is 3.22. The first kappa shape index (κ1) is 10.9. The quantitative estimate of drug-likeness (QED) is 0.472. The van der Waals surface area contributed by atoms with Crippen molar-refractivity contribution in [1.82, 2.24) is 4.98 Å². The molecule has 0 saturated carbocycles. The van der Waals surface area contributed by atoms with Gasteiger partial charge in [0.25, 0.3) is 12.1 Å². The Morgan fingerprint density at radius 2 is 2.14 bits per heavy atom. The zero-order chi connectivity index (χ0) is 10.9. The van der Waals surface area contributed by atoms with Crippen molar-refractivity contribution >= 4 is 21.6 Å². The van der Waals surface area contributed by atoms with Crippen molar-refractivity contribution in [2.45, 2.75) is 6.43 Å². The van der Waals surface area contributed by atoms with Gasteiger partial charge in [0.15, 0.2) is 0 Å². The number of rotatable bonds is 2. The van der Waals surface area contributed by atoms with E-state index in [4.69, 9.17) is 0 Å². The fraction of sp³-hybridized carbons (Fsp3) is 0.167. The third kappa shape index (κ3) is 2.00. The molecule has 0 aliphatic carbocycles. The van der Waals surface area contributed by atoms with Crippen LogP contribution in [0.3, 0.4) is 0 Å².